The van der Waals surface area contributed by atoms with Crippen LogP contribution >= 0.6 is 11.6 Å². The number of halogens is 1. The van der Waals surface area contributed by atoms with Crippen LogP contribution in [-0.2, 0) is 0 Å². The molecule has 0 unspecified atom stereocenters. The molecule has 0 aliphatic heterocycles. The summed E-state index contributed by atoms with van der Waals surface area (Å²) < 4.78 is 0. The zero-order valence-corrected chi connectivity index (χ0v) is 10.0. The van der Waals surface area contributed by atoms with Gasteiger partial charge in [-0.15, -0.1) is 0 Å². The predicted octanol–water partition coefficient (Wildman–Crippen LogP) is 3.60. The van der Waals surface area contributed by atoms with Crippen molar-refractivity contribution in [2.45, 2.75) is 13.8 Å². The molecule has 0 atom stereocenters. The van der Waals surface area contributed by atoms with E-state index in [0.29, 0.717) is 5.69 Å². The molecule has 0 radical (unpaired) electrons. The third-order valence-electron chi connectivity index (χ3n) is 2.60. The molecule has 2 nitrogen and oxygen atoms in total. The molecule has 0 fully saturated rings. The summed E-state index contributed by atoms with van der Waals surface area (Å²) in [5.41, 5.74) is 10.6. The van der Waals surface area contributed by atoms with E-state index in [9.17, 15) is 0 Å². The Bertz CT molecular complexity index is 535. The Kier molecular flexibility index (Phi) is 2.84. The molecule has 1 heterocycles. The van der Waals surface area contributed by atoms with E-state index in [-0.39, 0.29) is 0 Å². The zero-order chi connectivity index (χ0) is 11.7. The summed E-state index contributed by atoms with van der Waals surface area (Å²) in [6.45, 7) is 3.99. The van der Waals surface area contributed by atoms with Crippen LogP contribution in [-0.4, -0.2) is 4.98 Å². The molecular formula is C13H13ClN2. The smallest absolute Gasteiger partial charge is 0.0933 e. The van der Waals surface area contributed by atoms with Crippen LogP contribution in [0.3, 0.4) is 0 Å². The molecule has 0 saturated carbocycles. The van der Waals surface area contributed by atoms with E-state index in [1.165, 1.54) is 0 Å². The number of benzene rings is 1. The fourth-order valence-corrected chi connectivity index (χ4v) is 1.90. The Morgan fingerprint density at radius 2 is 1.94 bits per heavy atom. The highest BCUT2D eigenvalue weighted by molar-refractivity contribution is 6.31. The van der Waals surface area contributed by atoms with E-state index < -0.39 is 0 Å². The van der Waals surface area contributed by atoms with Gasteiger partial charge < -0.3 is 5.73 Å². The van der Waals surface area contributed by atoms with Gasteiger partial charge in [0.25, 0.3) is 0 Å². The molecule has 1 aromatic heterocycles. The number of nitrogen functional groups attached to an aromatic ring is 1. The first-order valence-corrected chi connectivity index (χ1v) is 5.45. The van der Waals surface area contributed by atoms with Crippen LogP contribution < -0.4 is 5.73 Å². The highest BCUT2D eigenvalue weighted by atomic mass is 35.5. The largest absolute Gasteiger partial charge is 0.397 e. The Hall–Kier alpha value is -1.54. The van der Waals surface area contributed by atoms with E-state index in [0.717, 1.165) is 27.4 Å². The lowest BCUT2D eigenvalue weighted by Crippen LogP contribution is -1.95. The zero-order valence-electron chi connectivity index (χ0n) is 9.29. The van der Waals surface area contributed by atoms with E-state index in [1.807, 2.05) is 38.1 Å². The molecule has 0 spiro atoms. The van der Waals surface area contributed by atoms with E-state index in [2.05, 4.69) is 4.98 Å². The van der Waals surface area contributed by atoms with Crippen LogP contribution in [0.4, 0.5) is 5.69 Å². The minimum Gasteiger partial charge on any atom is -0.397 e. The maximum atomic E-state index is 6.06. The lowest BCUT2D eigenvalue weighted by Gasteiger charge is -2.10. The van der Waals surface area contributed by atoms with E-state index in [4.69, 9.17) is 17.3 Å². The van der Waals surface area contributed by atoms with Gasteiger partial charge in [0.15, 0.2) is 0 Å². The summed E-state index contributed by atoms with van der Waals surface area (Å²) in [4.78, 5) is 4.31. The van der Waals surface area contributed by atoms with Crippen LogP contribution in [0.1, 0.15) is 11.1 Å². The van der Waals surface area contributed by atoms with Crippen molar-refractivity contribution in [1.82, 2.24) is 4.98 Å². The standard InChI is InChI=1S/C13H13ClN2/c1-8-7-11(14)9(2)6-10(8)13-12(15)4-3-5-16-13/h3-7H,15H2,1-2H3. The van der Waals surface area contributed by atoms with Gasteiger partial charge in [-0.25, -0.2) is 0 Å². The number of hydrogen-bond acceptors (Lipinski definition) is 2. The normalized spacial score (nSPS) is 10.4. The van der Waals surface area contributed by atoms with Crippen molar-refractivity contribution >= 4 is 17.3 Å². The summed E-state index contributed by atoms with van der Waals surface area (Å²) in [5, 5.41) is 0.774. The molecular weight excluding hydrogens is 220 g/mol. The molecule has 0 aliphatic rings. The molecule has 0 bridgehead atoms. The van der Waals surface area contributed by atoms with Gasteiger partial charge >= 0.3 is 0 Å². The van der Waals surface area contributed by atoms with Crippen molar-refractivity contribution in [3.05, 3.63) is 46.6 Å². The van der Waals surface area contributed by atoms with Crippen LogP contribution in [0.2, 0.25) is 5.02 Å². The molecule has 0 saturated heterocycles. The maximum Gasteiger partial charge on any atom is 0.0933 e. The van der Waals surface area contributed by atoms with Crippen molar-refractivity contribution in [1.29, 1.82) is 0 Å². The van der Waals surface area contributed by atoms with E-state index >= 15 is 0 Å². The minimum atomic E-state index is 0.687. The van der Waals surface area contributed by atoms with Gasteiger partial charge in [-0.1, -0.05) is 11.6 Å². The third kappa shape index (κ3) is 1.89. The third-order valence-corrected chi connectivity index (χ3v) is 3.01. The molecule has 3 heteroatoms. The number of rotatable bonds is 1. The second-order valence-corrected chi connectivity index (χ2v) is 4.26. The second kappa shape index (κ2) is 4.14. The lowest BCUT2D eigenvalue weighted by atomic mass is 10.0. The van der Waals surface area contributed by atoms with Gasteiger partial charge in [0, 0.05) is 16.8 Å². The van der Waals surface area contributed by atoms with Crippen molar-refractivity contribution in [2.24, 2.45) is 0 Å². The molecule has 0 aliphatic carbocycles. The minimum absolute atomic E-state index is 0.687. The number of aryl methyl sites for hydroxylation is 2. The molecule has 2 N–H and O–H groups in total. The Labute approximate surface area is 100 Å². The Morgan fingerprint density at radius 3 is 2.62 bits per heavy atom. The number of nitrogens with two attached hydrogens (primary N) is 1. The first-order valence-electron chi connectivity index (χ1n) is 5.07. The number of aromatic nitrogens is 1. The fourth-order valence-electron chi connectivity index (χ4n) is 1.68. The summed E-state index contributed by atoms with van der Waals surface area (Å²) in [6.07, 6.45) is 1.75. The van der Waals surface area contributed by atoms with Crippen molar-refractivity contribution < 1.29 is 0 Å². The number of nitrogens with zero attached hydrogens (tertiary/aromatic N) is 1. The Balaban J connectivity index is 2.65. The SMILES string of the molecule is Cc1cc(-c2ncccc2N)c(C)cc1Cl. The number of anilines is 1. The predicted molar refractivity (Wildman–Crippen MR) is 68.6 cm³/mol. The van der Waals surface area contributed by atoms with Gasteiger partial charge in [0.1, 0.15) is 0 Å². The number of pyridine rings is 1. The molecule has 2 aromatic rings. The van der Waals surface area contributed by atoms with Crippen LogP contribution in [0.25, 0.3) is 11.3 Å². The summed E-state index contributed by atoms with van der Waals surface area (Å²) >= 11 is 6.06. The van der Waals surface area contributed by atoms with Gasteiger partial charge in [-0.2, -0.15) is 0 Å². The number of hydrogen-bond donors (Lipinski definition) is 1. The van der Waals surface area contributed by atoms with Crippen LogP contribution in [0.5, 0.6) is 0 Å². The van der Waals surface area contributed by atoms with Crippen molar-refractivity contribution in [3.63, 3.8) is 0 Å². The molecule has 2 rings (SSSR count). The van der Waals surface area contributed by atoms with Crippen molar-refractivity contribution in [2.75, 3.05) is 5.73 Å². The van der Waals surface area contributed by atoms with Crippen LogP contribution in [0, 0.1) is 13.8 Å². The topological polar surface area (TPSA) is 38.9 Å². The van der Waals surface area contributed by atoms with Crippen molar-refractivity contribution in [3.8, 4) is 11.3 Å². The van der Waals surface area contributed by atoms with Gasteiger partial charge in [-0.3, -0.25) is 4.98 Å². The summed E-state index contributed by atoms with van der Waals surface area (Å²) in [6, 6.07) is 7.65. The first-order chi connectivity index (χ1) is 7.59. The van der Waals surface area contributed by atoms with Gasteiger partial charge in [-0.05, 0) is 49.2 Å². The average molecular weight is 233 g/mol. The molecule has 16 heavy (non-hydrogen) atoms. The molecule has 0 amide bonds. The monoisotopic (exact) mass is 232 g/mol. The summed E-state index contributed by atoms with van der Waals surface area (Å²) in [7, 11) is 0. The quantitative estimate of drug-likeness (QED) is 0.816. The van der Waals surface area contributed by atoms with Crippen LogP contribution in [0.15, 0.2) is 30.5 Å². The maximum absolute atomic E-state index is 6.06. The average Bonchev–Trinajstić information content (AvgIpc) is 2.25. The highest BCUT2D eigenvalue weighted by Gasteiger charge is 2.08. The highest BCUT2D eigenvalue weighted by Crippen LogP contribution is 2.30. The first kappa shape index (κ1) is 11.0. The molecule has 82 valence electrons. The second-order valence-electron chi connectivity index (χ2n) is 3.86. The lowest BCUT2D eigenvalue weighted by molar-refractivity contribution is 1.30. The van der Waals surface area contributed by atoms with E-state index in [1.54, 1.807) is 6.20 Å². The fraction of sp³-hybridized carbons (Fsp3) is 0.154. The van der Waals surface area contributed by atoms with Gasteiger partial charge in [0.05, 0.1) is 11.4 Å². The molecule has 1 aromatic carbocycles. The Morgan fingerprint density at radius 1 is 1.19 bits per heavy atom. The van der Waals surface area contributed by atoms with Gasteiger partial charge in [0.2, 0.25) is 0 Å². The summed E-state index contributed by atoms with van der Waals surface area (Å²) in [5.74, 6) is 0.